The number of rotatable bonds is 8. The van der Waals surface area contributed by atoms with Crippen LogP contribution in [0.5, 0.6) is 0 Å². The second-order valence-electron chi connectivity index (χ2n) is 6.09. The van der Waals surface area contributed by atoms with Crippen molar-refractivity contribution < 1.29 is 37.3 Å². The van der Waals surface area contributed by atoms with Crippen LogP contribution < -0.4 is 5.32 Å². The number of ether oxygens (including phenoxy) is 2. The minimum absolute atomic E-state index is 0.0873. The quantitative estimate of drug-likeness (QED) is 0.683. The van der Waals surface area contributed by atoms with Gasteiger partial charge in [0.15, 0.2) is 6.10 Å². The van der Waals surface area contributed by atoms with Crippen LogP contribution in [0.1, 0.15) is 27.2 Å². The molecule has 24 heavy (non-hydrogen) atoms. The van der Waals surface area contributed by atoms with Crippen molar-refractivity contribution in [1.29, 1.82) is 0 Å². The Morgan fingerprint density at radius 3 is 2.29 bits per heavy atom. The average molecular weight is 358 g/mol. The van der Waals surface area contributed by atoms with Crippen LogP contribution in [0.4, 0.5) is 18.0 Å². The lowest BCUT2D eigenvalue weighted by atomic mass is 10.2. The Morgan fingerprint density at radius 1 is 1.25 bits per heavy atom. The minimum atomic E-state index is -4.73. The van der Waals surface area contributed by atoms with E-state index in [1.165, 1.54) is 7.11 Å². The van der Waals surface area contributed by atoms with Crippen LogP contribution in [0.2, 0.25) is 0 Å². The van der Waals surface area contributed by atoms with Gasteiger partial charge < -0.3 is 19.9 Å². The van der Waals surface area contributed by atoms with Crippen molar-refractivity contribution in [3.63, 3.8) is 0 Å². The highest BCUT2D eigenvalue weighted by Gasteiger charge is 2.37. The van der Waals surface area contributed by atoms with E-state index >= 15 is 0 Å². The molecule has 2 amide bonds. The molecule has 0 fully saturated rings. The number of methoxy groups -OCH3 is 1. The number of alkyl halides is 3. The van der Waals surface area contributed by atoms with Crippen molar-refractivity contribution in [2.75, 3.05) is 33.4 Å². The summed E-state index contributed by atoms with van der Waals surface area (Å²) in [4.78, 5) is 24.8. The van der Waals surface area contributed by atoms with Crippen LogP contribution in [0.15, 0.2) is 0 Å². The van der Waals surface area contributed by atoms with E-state index in [9.17, 15) is 22.8 Å². The standard InChI is InChI=1S/C14H25F3N2O5/c1-13(2,3)24-12(22)19(7-8-23-4)9-11(21)18-6-5-10(20)14(15,16)17/h10,20H,5-9H2,1-4H3,(H,18,21)/t10-/m0/s1. The normalized spacial score (nSPS) is 13.3. The second kappa shape index (κ2) is 9.67. The van der Waals surface area contributed by atoms with Crippen molar-refractivity contribution >= 4 is 12.0 Å². The van der Waals surface area contributed by atoms with Crippen LogP contribution in [-0.4, -0.2) is 73.2 Å². The average Bonchev–Trinajstić information content (AvgIpc) is 2.40. The van der Waals surface area contributed by atoms with Crippen molar-refractivity contribution in [2.45, 2.75) is 45.1 Å². The SMILES string of the molecule is COCCN(CC(=O)NCC[C@H](O)C(F)(F)F)C(=O)OC(C)(C)C. The van der Waals surface area contributed by atoms with Crippen LogP contribution in [0.25, 0.3) is 0 Å². The third kappa shape index (κ3) is 10.3. The van der Waals surface area contributed by atoms with Gasteiger partial charge in [-0.3, -0.25) is 9.69 Å². The molecule has 0 saturated carbocycles. The van der Waals surface area contributed by atoms with Gasteiger partial charge in [-0.05, 0) is 27.2 Å². The van der Waals surface area contributed by atoms with Gasteiger partial charge in [-0.2, -0.15) is 13.2 Å². The van der Waals surface area contributed by atoms with Gasteiger partial charge in [-0.25, -0.2) is 4.79 Å². The fourth-order valence-electron chi connectivity index (χ4n) is 1.50. The number of carbonyl (C=O) groups excluding carboxylic acids is 2. The molecular weight excluding hydrogens is 333 g/mol. The largest absolute Gasteiger partial charge is 0.444 e. The molecule has 0 bridgehead atoms. The number of hydrogen-bond donors (Lipinski definition) is 2. The molecule has 0 saturated heterocycles. The zero-order valence-electron chi connectivity index (χ0n) is 14.3. The van der Waals surface area contributed by atoms with Crippen molar-refractivity contribution in [1.82, 2.24) is 10.2 Å². The summed E-state index contributed by atoms with van der Waals surface area (Å²) in [6.45, 7) is 4.49. The molecule has 10 heteroatoms. The zero-order chi connectivity index (χ0) is 19.0. The lowest BCUT2D eigenvalue weighted by Gasteiger charge is -2.27. The Labute approximate surface area is 139 Å². The highest BCUT2D eigenvalue weighted by molar-refractivity contribution is 5.82. The first kappa shape index (κ1) is 22.4. The topological polar surface area (TPSA) is 88.1 Å². The van der Waals surface area contributed by atoms with E-state index in [1.54, 1.807) is 20.8 Å². The van der Waals surface area contributed by atoms with Gasteiger partial charge in [-0.1, -0.05) is 0 Å². The van der Waals surface area contributed by atoms with Gasteiger partial charge in [0.2, 0.25) is 5.91 Å². The molecule has 0 rings (SSSR count). The summed E-state index contributed by atoms with van der Waals surface area (Å²) in [6.07, 6.45) is -8.64. The molecular formula is C14H25F3N2O5. The smallest absolute Gasteiger partial charge is 0.414 e. The summed E-state index contributed by atoms with van der Waals surface area (Å²) in [6, 6.07) is 0. The number of halogens is 3. The summed E-state index contributed by atoms with van der Waals surface area (Å²) < 4.78 is 46.4. The van der Waals surface area contributed by atoms with E-state index in [4.69, 9.17) is 14.6 Å². The van der Waals surface area contributed by atoms with Gasteiger partial charge in [-0.15, -0.1) is 0 Å². The minimum Gasteiger partial charge on any atom is -0.444 e. The summed E-state index contributed by atoms with van der Waals surface area (Å²) in [7, 11) is 1.42. The maximum Gasteiger partial charge on any atom is 0.414 e. The first-order valence-electron chi connectivity index (χ1n) is 7.35. The Hall–Kier alpha value is -1.55. The fourth-order valence-corrected chi connectivity index (χ4v) is 1.50. The highest BCUT2D eigenvalue weighted by Crippen LogP contribution is 2.21. The lowest BCUT2D eigenvalue weighted by molar-refractivity contribution is -0.205. The molecule has 0 aliphatic rings. The third-order valence-electron chi connectivity index (χ3n) is 2.67. The van der Waals surface area contributed by atoms with E-state index in [0.717, 1.165) is 4.90 Å². The van der Waals surface area contributed by atoms with Gasteiger partial charge >= 0.3 is 12.3 Å². The number of aliphatic hydroxyl groups is 1. The maximum absolute atomic E-state index is 12.1. The van der Waals surface area contributed by atoms with Crippen molar-refractivity contribution in [2.24, 2.45) is 0 Å². The maximum atomic E-state index is 12.1. The number of carbonyl (C=O) groups is 2. The van der Waals surface area contributed by atoms with Crippen molar-refractivity contribution in [3.8, 4) is 0 Å². The predicted molar refractivity (Wildman–Crippen MR) is 79.4 cm³/mol. The summed E-state index contributed by atoms with van der Waals surface area (Å²) in [5.41, 5.74) is -0.754. The van der Waals surface area contributed by atoms with Gasteiger partial charge in [0.05, 0.1) is 6.61 Å². The second-order valence-corrected chi connectivity index (χ2v) is 6.09. The molecule has 142 valence electrons. The fraction of sp³-hybridized carbons (Fsp3) is 0.857. The first-order valence-corrected chi connectivity index (χ1v) is 7.35. The van der Waals surface area contributed by atoms with Crippen LogP contribution in [-0.2, 0) is 14.3 Å². The number of amides is 2. The molecule has 0 aliphatic carbocycles. The predicted octanol–water partition coefficient (Wildman–Crippen LogP) is 1.30. The molecule has 0 heterocycles. The molecule has 0 unspecified atom stereocenters. The molecule has 0 aliphatic heterocycles. The molecule has 2 N–H and O–H groups in total. The Balaban J connectivity index is 4.46. The molecule has 1 atom stereocenters. The molecule has 7 nitrogen and oxygen atoms in total. The number of hydrogen-bond acceptors (Lipinski definition) is 5. The Kier molecular flexibility index (Phi) is 9.05. The van der Waals surface area contributed by atoms with E-state index in [2.05, 4.69) is 5.32 Å². The summed E-state index contributed by atoms with van der Waals surface area (Å²) in [5.74, 6) is -0.661. The number of aliphatic hydroxyl groups excluding tert-OH is 1. The molecule has 0 aromatic rings. The van der Waals surface area contributed by atoms with Crippen LogP contribution in [0, 0.1) is 0 Å². The summed E-state index contributed by atoms with van der Waals surface area (Å²) in [5, 5.41) is 11.1. The van der Waals surface area contributed by atoms with Gasteiger partial charge in [0.25, 0.3) is 0 Å². The third-order valence-corrected chi connectivity index (χ3v) is 2.67. The monoisotopic (exact) mass is 358 g/mol. The molecule has 0 radical (unpaired) electrons. The molecule has 0 aromatic carbocycles. The Bertz CT molecular complexity index is 410. The van der Waals surface area contributed by atoms with Gasteiger partial charge in [0, 0.05) is 20.2 Å². The van der Waals surface area contributed by atoms with E-state index in [-0.39, 0.29) is 26.2 Å². The van der Waals surface area contributed by atoms with E-state index in [1.807, 2.05) is 0 Å². The summed E-state index contributed by atoms with van der Waals surface area (Å²) >= 11 is 0. The van der Waals surface area contributed by atoms with Crippen LogP contribution in [0.3, 0.4) is 0 Å². The number of nitrogens with one attached hydrogen (secondary N) is 1. The van der Waals surface area contributed by atoms with Crippen molar-refractivity contribution in [3.05, 3.63) is 0 Å². The molecule has 0 spiro atoms. The lowest BCUT2D eigenvalue weighted by Crippen LogP contribution is -2.45. The zero-order valence-corrected chi connectivity index (χ0v) is 14.3. The highest BCUT2D eigenvalue weighted by atomic mass is 19.4. The number of nitrogens with zero attached hydrogens (tertiary/aromatic N) is 1. The molecule has 0 aromatic heterocycles. The van der Waals surface area contributed by atoms with Crippen LogP contribution >= 0.6 is 0 Å². The van der Waals surface area contributed by atoms with Gasteiger partial charge in [0.1, 0.15) is 12.1 Å². The van der Waals surface area contributed by atoms with E-state index < -0.39 is 36.3 Å². The first-order chi connectivity index (χ1) is 10.9. The van der Waals surface area contributed by atoms with E-state index in [0.29, 0.717) is 0 Å². The Morgan fingerprint density at radius 2 is 1.83 bits per heavy atom.